The lowest BCUT2D eigenvalue weighted by atomic mass is 10.2. The number of imidazole rings is 1. The number of pyridine rings is 1. The summed E-state index contributed by atoms with van der Waals surface area (Å²) in [6, 6.07) is 9.07. The maximum absolute atomic E-state index is 12.9. The summed E-state index contributed by atoms with van der Waals surface area (Å²) in [7, 11) is 0. The van der Waals surface area contributed by atoms with Gasteiger partial charge in [-0.1, -0.05) is 0 Å². The molecule has 0 atom stereocenters. The largest absolute Gasteiger partial charge is 0.319 e. The van der Waals surface area contributed by atoms with E-state index in [0.29, 0.717) is 16.9 Å². The number of carbonyl (C=O) groups is 1. The van der Waals surface area contributed by atoms with Gasteiger partial charge in [0.25, 0.3) is 5.91 Å². The zero-order valence-electron chi connectivity index (χ0n) is 11.7. The Balaban J connectivity index is 1.96. The molecular weight excluding hydrogens is 269 g/mol. The lowest BCUT2D eigenvalue weighted by Crippen LogP contribution is -2.12. The van der Waals surface area contributed by atoms with Crippen LogP contribution in [0.5, 0.6) is 0 Å². The number of hydrogen-bond donors (Lipinski definition) is 1. The number of rotatable bonds is 2. The fraction of sp³-hybridized carbons (Fsp3) is 0.125. The van der Waals surface area contributed by atoms with E-state index in [9.17, 15) is 9.18 Å². The Hall–Kier alpha value is -2.69. The van der Waals surface area contributed by atoms with Gasteiger partial charge in [0.05, 0.1) is 11.4 Å². The van der Waals surface area contributed by atoms with Crippen LogP contribution in [0.2, 0.25) is 0 Å². The summed E-state index contributed by atoms with van der Waals surface area (Å²) < 4.78 is 14.8. The average molecular weight is 283 g/mol. The number of hydrogen-bond acceptors (Lipinski definition) is 2. The molecule has 5 heteroatoms. The van der Waals surface area contributed by atoms with Gasteiger partial charge in [0.15, 0.2) is 5.65 Å². The number of aromatic nitrogens is 2. The number of fused-ring (bicyclic) bond motifs is 1. The highest BCUT2D eigenvalue weighted by molar-refractivity contribution is 6.05. The molecule has 0 saturated heterocycles. The summed E-state index contributed by atoms with van der Waals surface area (Å²) in [5.41, 5.74) is 3.67. The number of aryl methyl sites for hydroxylation is 2. The quantitative estimate of drug-likeness (QED) is 0.784. The monoisotopic (exact) mass is 283 g/mol. The number of halogens is 1. The summed E-state index contributed by atoms with van der Waals surface area (Å²) >= 11 is 0. The van der Waals surface area contributed by atoms with Gasteiger partial charge in [-0.15, -0.1) is 0 Å². The molecule has 0 fully saturated rings. The normalized spacial score (nSPS) is 10.8. The fourth-order valence-electron chi connectivity index (χ4n) is 2.19. The minimum Gasteiger partial charge on any atom is -0.319 e. The van der Waals surface area contributed by atoms with Gasteiger partial charge in [-0.25, -0.2) is 9.37 Å². The van der Waals surface area contributed by atoms with Crippen LogP contribution in [0.4, 0.5) is 10.1 Å². The van der Waals surface area contributed by atoms with Crippen LogP contribution in [0.25, 0.3) is 5.65 Å². The lowest BCUT2D eigenvalue weighted by Gasteiger charge is -2.07. The van der Waals surface area contributed by atoms with Crippen molar-refractivity contribution in [2.24, 2.45) is 0 Å². The van der Waals surface area contributed by atoms with E-state index in [-0.39, 0.29) is 11.7 Å². The van der Waals surface area contributed by atoms with Crippen LogP contribution in [0.3, 0.4) is 0 Å². The van der Waals surface area contributed by atoms with Crippen molar-refractivity contribution in [1.82, 2.24) is 9.38 Å². The first-order valence-corrected chi connectivity index (χ1v) is 6.57. The summed E-state index contributed by atoms with van der Waals surface area (Å²) in [6.45, 7) is 3.90. The maximum atomic E-state index is 12.9. The molecule has 106 valence electrons. The van der Waals surface area contributed by atoms with E-state index in [1.165, 1.54) is 24.3 Å². The van der Waals surface area contributed by atoms with Crippen LogP contribution in [-0.2, 0) is 0 Å². The molecule has 2 aromatic heterocycles. The molecule has 0 aliphatic rings. The minimum absolute atomic E-state index is 0.290. The van der Waals surface area contributed by atoms with E-state index < -0.39 is 0 Å². The van der Waals surface area contributed by atoms with Gasteiger partial charge in [-0.05, 0) is 50.2 Å². The second kappa shape index (κ2) is 5.01. The maximum Gasteiger partial charge on any atom is 0.255 e. The molecule has 1 aromatic carbocycles. The van der Waals surface area contributed by atoms with Gasteiger partial charge >= 0.3 is 0 Å². The Kier molecular flexibility index (Phi) is 3.17. The second-order valence-corrected chi connectivity index (χ2v) is 4.86. The van der Waals surface area contributed by atoms with Crippen molar-refractivity contribution in [2.75, 3.05) is 5.32 Å². The zero-order valence-corrected chi connectivity index (χ0v) is 11.7. The highest BCUT2D eigenvalue weighted by atomic mass is 19.1. The Morgan fingerprint density at radius 2 is 1.90 bits per heavy atom. The van der Waals surface area contributed by atoms with Crippen LogP contribution >= 0.6 is 0 Å². The number of anilines is 1. The van der Waals surface area contributed by atoms with Crippen molar-refractivity contribution < 1.29 is 9.18 Å². The molecule has 3 aromatic rings. The van der Waals surface area contributed by atoms with Gasteiger partial charge in [0, 0.05) is 17.5 Å². The predicted octanol–water partition coefficient (Wildman–Crippen LogP) is 3.34. The van der Waals surface area contributed by atoms with Gasteiger partial charge in [-0.2, -0.15) is 0 Å². The first-order valence-electron chi connectivity index (χ1n) is 6.57. The van der Waals surface area contributed by atoms with Crippen molar-refractivity contribution in [1.29, 1.82) is 0 Å². The summed E-state index contributed by atoms with van der Waals surface area (Å²) in [6.07, 6.45) is 1.90. The minimum atomic E-state index is -0.367. The van der Waals surface area contributed by atoms with E-state index in [1.807, 2.05) is 30.5 Å². The van der Waals surface area contributed by atoms with Crippen LogP contribution < -0.4 is 5.32 Å². The number of benzene rings is 1. The van der Waals surface area contributed by atoms with Crippen molar-refractivity contribution in [3.8, 4) is 0 Å². The lowest BCUT2D eigenvalue weighted by molar-refractivity contribution is 0.102. The molecule has 4 nitrogen and oxygen atoms in total. The zero-order chi connectivity index (χ0) is 15.0. The van der Waals surface area contributed by atoms with Gasteiger partial charge in [-0.3, -0.25) is 4.79 Å². The fourth-order valence-corrected chi connectivity index (χ4v) is 2.19. The number of carbonyl (C=O) groups excluding carboxylic acids is 1. The number of amides is 1. The van der Waals surface area contributed by atoms with E-state index in [2.05, 4.69) is 10.3 Å². The van der Waals surface area contributed by atoms with Crippen molar-refractivity contribution in [3.63, 3.8) is 0 Å². The third-order valence-corrected chi connectivity index (χ3v) is 3.48. The van der Waals surface area contributed by atoms with Gasteiger partial charge in [0.2, 0.25) is 0 Å². The van der Waals surface area contributed by atoms with E-state index in [0.717, 1.165) is 11.4 Å². The topological polar surface area (TPSA) is 46.4 Å². The van der Waals surface area contributed by atoms with Gasteiger partial charge in [0.1, 0.15) is 5.82 Å². The molecular formula is C16H14FN3O. The highest BCUT2D eigenvalue weighted by Gasteiger charge is 2.12. The molecule has 3 rings (SSSR count). The third-order valence-electron chi connectivity index (χ3n) is 3.48. The highest BCUT2D eigenvalue weighted by Crippen LogP contribution is 2.20. The predicted molar refractivity (Wildman–Crippen MR) is 79.0 cm³/mol. The molecule has 0 bridgehead atoms. The van der Waals surface area contributed by atoms with Crippen molar-refractivity contribution in [2.45, 2.75) is 13.8 Å². The standard InChI is InChI=1S/C16H14FN3O/c1-10-11(2)20-9-3-4-14(15(20)18-10)19-16(21)12-5-7-13(17)8-6-12/h3-9H,1-2H3,(H,19,21). The van der Waals surface area contributed by atoms with Gasteiger partial charge < -0.3 is 9.72 Å². The van der Waals surface area contributed by atoms with E-state index in [4.69, 9.17) is 0 Å². The van der Waals surface area contributed by atoms with Crippen LogP contribution in [0.1, 0.15) is 21.7 Å². The molecule has 1 amide bonds. The van der Waals surface area contributed by atoms with Crippen molar-refractivity contribution in [3.05, 3.63) is 65.4 Å². The average Bonchev–Trinajstić information content (AvgIpc) is 2.77. The van der Waals surface area contributed by atoms with E-state index in [1.54, 1.807) is 6.07 Å². The number of nitrogens with one attached hydrogen (secondary N) is 1. The SMILES string of the molecule is Cc1nc2c(NC(=O)c3ccc(F)cc3)cccn2c1C. The van der Waals surface area contributed by atoms with Crippen LogP contribution in [0.15, 0.2) is 42.6 Å². The molecule has 0 unspecified atom stereocenters. The summed E-state index contributed by atoms with van der Waals surface area (Å²) in [5, 5.41) is 2.82. The van der Waals surface area contributed by atoms with Crippen LogP contribution in [0, 0.1) is 19.7 Å². The molecule has 2 heterocycles. The molecule has 0 saturated carbocycles. The molecule has 0 aliphatic carbocycles. The molecule has 1 N–H and O–H groups in total. The molecule has 0 aliphatic heterocycles. The summed E-state index contributed by atoms with van der Waals surface area (Å²) in [4.78, 5) is 16.7. The van der Waals surface area contributed by atoms with Crippen molar-refractivity contribution >= 4 is 17.2 Å². The molecule has 0 spiro atoms. The third kappa shape index (κ3) is 2.38. The summed E-state index contributed by atoms with van der Waals surface area (Å²) in [5.74, 6) is -0.658. The Labute approximate surface area is 121 Å². The Morgan fingerprint density at radius 1 is 1.19 bits per heavy atom. The second-order valence-electron chi connectivity index (χ2n) is 4.86. The first kappa shape index (κ1) is 13.3. The first-order chi connectivity index (χ1) is 10.1. The Morgan fingerprint density at radius 3 is 2.62 bits per heavy atom. The van der Waals surface area contributed by atoms with E-state index >= 15 is 0 Å². The molecule has 21 heavy (non-hydrogen) atoms. The number of nitrogens with zero attached hydrogens (tertiary/aromatic N) is 2. The Bertz CT molecular complexity index is 821. The van der Waals surface area contributed by atoms with Crippen LogP contribution in [-0.4, -0.2) is 15.3 Å². The smallest absolute Gasteiger partial charge is 0.255 e. The molecule has 0 radical (unpaired) electrons.